The van der Waals surface area contributed by atoms with Crippen molar-refractivity contribution in [2.24, 2.45) is 0 Å². The highest BCUT2D eigenvalue weighted by Gasteiger charge is 2.40. The van der Waals surface area contributed by atoms with Crippen LogP contribution in [0.5, 0.6) is 11.5 Å². The molecular weight excluding hydrogens is 319 g/mol. The number of benzene rings is 2. The van der Waals surface area contributed by atoms with Crippen LogP contribution in [-0.2, 0) is 6.61 Å². The Bertz CT molecular complexity index is 913. The van der Waals surface area contributed by atoms with Gasteiger partial charge < -0.3 is 15.2 Å². The fourth-order valence-electron chi connectivity index (χ4n) is 3.18. The number of anilines is 1. The standard InChI is InChI=1S/C18H12F3NO2/c1-9-7-12(18(19,20)21)16-11-8-24-15-4-2-3-14(23)17(15)10(11)5-6-13(16)22-9/h2-7,22-23H,1,8H2. The maximum Gasteiger partial charge on any atom is 0.417 e. The molecule has 24 heavy (non-hydrogen) atoms. The average Bonchev–Trinajstić information content (AvgIpc) is 2.52. The molecule has 0 amide bonds. The third-order valence-corrected chi connectivity index (χ3v) is 4.15. The van der Waals surface area contributed by atoms with Crippen LogP contribution in [0.2, 0.25) is 0 Å². The molecule has 2 heterocycles. The highest BCUT2D eigenvalue weighted by Crippen LogP contribution is 2.50. The second-order valence-electron chi connectivity index (χ2n) is 5.66. The number of aromatic hydroxyl groups is 1. The first-order valence-electron chi connectivity index (χ1n) is 7.22. The third-order valence-electron chi connectivity index (χ3n) is 4.15. The molecule has 3 nitrogen and oxygen atoms in total. The number of halogens is 3. The average molecular weight is 331 g/mol. The van der Waals surface area contributed by atoms with Crippen molar-refractivity contribution in [2.75, 3.05) is 5.32 Å². The maximum atomic E-state index is 13.5. The number of alkyl halides is 3. The molecule has 0 spiro atoms. The number of nitrogens with one attached hydrogen (secondary N) is 1. The lowest BCUT2D eigenvalue weighted by Gasteiger charge is -2.29. The first-order chi connectivity index (χ1) is 11.4. The van der Waals surface area contributed by atoms with Crippen LogP contribution in [0.4, 0.5) is 18.9 Å². The van der Waals surface area contributed by atoms with Crippen molar-refractivity contribution in [1.82, 2.24) is 0 Å². The van der Waals surface area contributed by atoms with Gasteiger partial charge in [0.15, 0.2) is 0 Å². The SMILES string of the molecule is C=C1C=C(C(F)(F)F)c2c(ccc3c2COc2cccc(O)c2-3)N1. The van der Waals surface area contributed by atoms with Crippen LogP contribution in [0.3, 0.4) is 0 Å². The Balaban J connectivity index is 2.02. The molecule has 0 bridgehead atoms. The molecule has 2 aromatic carbocycles. The number of allylic oxidation sites excluding steroid dienone is 2. The van der Waals surface area contributed by atoms with Crippen molar-refractivity contribution in [3.8, 4) is 22.6 Å². The molecule has 2 aliphatic rings. The van der Waals surface area contributed by atoms with Crippen molar-refractivity contribution in [3.05, 3.63) is 59.8 Å². The van der Waals surface area contributed by atoms with Crippen LogP contribution in [-0.4, -0.2) is 11.3 Å². The van der Waals surface area contributed by atoms with E-state index in [0.29, 0.717) is 28.1 Å². The van der Waals surface area contributed by atoms with E-state index in [4.69, 9.17) is 4.74 Å². The highest BCUT2D eigenvalue weighted by molar-refractivity contribution is 5.93. The molecule has 0 aliphatic carbocycles. The molecule has 2 N–H and O–H groups in total. The summed E-state index contributed by atoms with van der Waals surface area (Å²) in [6.45, 7) is 3.58. The van der Waals surface area contributed by atoms with Gasteiger partial charge in [-0.1, -0.05) is 18.7 Å². The summed E-state index contributed by atoms with van der Waals surface area (Å²) in [5.74, 6) is 0.423. The van der Waals surface area contributed by atoms with Gasteiger partial charge >= 0.3 is 6.18 Å². The minimum absolute atomic E-state index is 0.00344. The summed E-state index contributed by atoms with van der Waals surface area (Å²) in [7, 11) is 0. The molecule has 6 heteroatoms. The Hall–Kier alpha value is -2.89. The normalized spacial score (nSPS) is 15.5. The molecule has 4 rings (SSSR count). The monoisotopic (exact) mass is 331 g/mol. The smallest absolute Gasteiger partial charge is 0.417 e. The number of rotatable bonds is 0. The van der Waals surface area contributed by atoms with Crippen molar-refractivity contribution in [3.63, 3.8) is 0 Å². The lowest BCUT2D eigenvalue weighted by atomic mass is 9.86. The number of hydrogen-bond acceptors (Lipinski definition) is 3. The van der Waals surface area contributed by atoms with E-state index in [-0.39, 0.29) is 23.6 Å². The summed E-state index contributed by atoms with van der Waals surface area (Å²) in [4.78, 5) is 0. The van der Waals surface area contributed by atoms with Crippen molar-refractivity contribution < 1.29 is 23.0 Å². The van der Waals surface area contributed by atoms with Crippen molar-refractivity contribution in [1.29, 1.82) is 0 Å². The van der Waals surface area contributed by atoms with Gasteiger partial charge in [-0.25, -0.2) is 0 Å². The Labute approximate surface area is 135 Å². The van der Waals surface area contributed by atoms with Gasteiger partial charge in [-0.2, -0.15) is 13.2 Å². The lowest BCUT2D eigenvalue weighted by Crippen LogP contribution is -2.20. The number of phenolic OH excluding ortho intramolecular Hbond substituents is 1. The zero-order valence-electron chi connectivity index (χ0n) is 12.4. The summed E-state index contributed by atoms with van der Waals surface area (Å²) in [5.41, 5.74) is 1.13. The summed E-state index contributed by atoms with van der Waals surface area (Å²) >= 11 is 0. The Kier molecular flexibility index (Phi) is 2.94. The first-order valence-corrected chi connectivity index (χ1v) is 7.22. The van der Waals surface area contributed by atoms with Crippen LogP contribution in [0.1, 0.15) is 11.1 Å². The van der Waals surface area contributed by atoms with E-state index in [0.717, 1.165) is 6.08 Å². The lowest BCUT2D eigenvalue weighted by molar-refractivity contribution is -0.0690. The number of fused-ring (bicyclic) bond motifs is 5. The molecule has 2 aromatic rings. The maximum absolute atomic E-state index is 13.5. The molecule has 0 aromatic heterocycles. The Morgan fingerprint density at radius 3 is 2.67 bits per heavy atom. The Morgan fingerprint density at radius 2 is 1.92 bits per heavy atom. The molecule has 0 saturated carbocycles. The molecular formula is C18H12F3NO2. The van der Waals surface area contributed by atoms with E-state index in [1.54, 1.807) is 24.3 Å². The van der Waals surface area contributed by atoms with Crippen LogP contribution in [0.15, 0.2) is 48.7 Å². The molecule has 0 atom stereocenters. The molecule has 0 fully saturated rings. The van der Waals surface area contributed by atoms with Crippen molar-refractivity contribution in [2.45, 2.75) is 12.8 Å². The first kappa shape index (κ1) is 14.7. The quantitative estimate of drug-likeness (QED) is 0.726. The number of phenols is 1. The topological polar surface area (TPSA) is 41.5 Å². The fraction of sp³-hybridized carbons (Fsp3) is 0.111. The Morgan fingerprint density at radius 1 is 1.12 bits per heavy atom. The van der Waals surface area contributed by atoms with Crippen molar-refractivity contribution >= 4 is 11.3 Å². The highest BCUT2D eigenvalue weighted by atomic mass is 19.4. The van der Waals surface area contributed by atoms with Crippen LogP contribution in [0, 0.1) is 0 Å². The second-order valence-corrected chi connectivity index (χ2v) is 5.66. The van der Waals surface area contributed by atoms with Crippen LogP contribution < -0.4 is 10.1 Å². The van der Waals surface area contributed by atoms with Gasteiger partial charge in [-0.3, -0.25) is 0 Å². The summed E-state index contributed by atoms with van der Waals surface area (Å²) in [5, 5.41) is 13.0. The number of hydrogen-bond donors (Lipinski definition) is 2. The van der Waals surface area contributed by atoms with Gasteiger partial charge in [0.25, 0.3) is 0 Å². The van der Waals surface area contributed by atoms with E-state index >= 15 is 0 Å². The third kappa shape index (κ3) is 2.06. The second kappa shape index (κ2) is 4.80. The van der Waals surface area contributed by atoms with Gasteiger partial charge in [-0.05, 0) is 29.8 Å². The van der Waals surface area contributed by atoms with Gasteiger partial charge in [-0.15, -0.1) is 0 Å². The van der Waals surface area contributed by atoms with Crippen LogP contribution in [0.25, 0.3) is 16.7 Å². The van der Waals surface area contributed by atoms with Crippen LogP contribution >= 0.6 is 0 Å². The van der Waals surface area contributed by atoms with E-state index in [1.165, 1.54) is 6.07 Å². The zero-order valence-corrected chi connectivity index (χ0v) is 12.4. The summed E-state index contributed by atoms with van der Waals surface area (Å²) in [6.07, 6.45) is -3.53. The predicted octanol–water partition coefficient (Wildman–Crippen LogP) is 4.84. The predicted molar refractivity (Wildman–Crippen MR) is 84.7 cm³/mol. The van der Waals surface area contributed by atoms with E-state index in [9.17, 15) is 18.3 Å². The molecule has 0 saturated heterocycles. The molecule has 0 unspecified atom stereocenters. The fourth-order valence-corrected chi connectivity index (χ4v) is 3.18. The van der Waals surface area contributed by atoms with E-state index in [2.05, 4.69) is 11.9 Å². The van der Waals surface area contributed by atoms with E-state index < -0.39 is 11.7 Å². The molecule has 122 valence electrons. The minimum atomic E-state index is -4.52. The van der Waals surface area contributed by atoms with Gasteiger partial charge in [0.1, 0.15) is 18.1 Å². The van der Waals surface area contributed by atoms with Gasteiger partial charge in [0.2, 0.25) is 0 Å². The zero-order chi connectivity index (χ0) is 17.1. The summed E-state index contributed by atoms with van der Waals surface area (Å²) in [6, 6.07) is 8.05. The molecule has 2 aliphatic heterocycles. The molecule has 0 radical (unpaired) electrons. The minimum Gasteiger partial charge on any atom is -0.507 e. The van der Waals surface area contributed by atoms with E-state index in [1.807, 2.05) is 0 Å². The van der Waals surface area contributed by atoms with Gasteiger partial charge in [0, 0.05) is 22.5 Å². The summed E-state index contributed by atoms with van der Waals surface area (Å²) < 4.78 is 46.1. The number of ether oxygens (including phenoxy) is 1. The van der Waals surface area contributed by atoms with Gasteiger partial charge in [0.05, 0.1) is 11.1 Å². The largest absolute Gasteiger partial charge is 0.507 e.